The molecule has 2 bridgehead atoms. The van der Waals surface area contributed by atoms with Crippen molar-refractivity contribution in [1.29, 1.82) is 0 Å². The highest BCUT2D eigenvalue weighted by Gasteiger charge is 2.77. The monoisotopic (exact) mass is 542 g/mol. The van der Waals surface area contributed by atoms with Crippen molar-refractivity contribution in [3.05, 3.63) is 12.7 Å². The van der Waals surface area contributed by atoms with Gasteiger partial charge in [0.1, 0.15) is 11.6 Å². The van der Waals surface area contributed by atoms with Crippen LogP contribution in [0.1, 0.15) is 60.8 Å². The maximum Gasteiger partial charge on any atom is 0.310 e. The lowest BCUT2D eigenvalue weighted by Crippen LogP contribution is -2.62. The van der Waals surface area contributed by atoms with Crippen molar-refractivity contribution in [2.75, 3.05) is 13.2 Å². The van der Waals surface area contributed by atoms with E-state index in [-0.39, 0.29) is 29.3 Å². The molecule has 2 N–H and O–H groups in total. The predicted molar refractivity (Wildman–Crippen MR) is 131 cm³/mol. The second-order valence-corrected chi connectivity index (χ2v) is 13.0. The quantitative estimate of drug-likeness (QED) is 0.342. The van der Waals surface area contributed by atoms with Crippen LogP contribution in [0.5, 0.6) is 0 Å². The highest BCUT2D eigenvalue weighted by molar-refractivity contribution is 9.09. The van der Waals surface area contributed by atoms with Crippen molar-refractivity contribution in [1.82, 2.24) is 9.80 Å². The molecular formula is C25H39BrN2O6. The highest BCUT2D eigenvalue weighted by atomic mass is 79.9. The zero-order valence-electron chi connectivity index (χ0n) is 21.1. The number of hydrogen-bond acceptors (Lipinski definition) is 5. The fourth-order valence-corrected chi connectivity index (χ4v) is 7.68. The summed E-state index contributed by atoms with van der Waals surface area (Å²) in [5.41, 5.74) is -1.88. The number of amides is 2. The molecule has 0 aromatic carbocycles. The number of likely N-dealkylation sites (tertiary alicyclic amines) is 1. The van der Waals surface area contributed by atoms with Crippen molar-refractivity contribution in [3.63, 3.8) is 0 Å². The van der Waals surface area contributed by atoms with E-state index in [0.717, 1.165) is 0 Å². The van der Waals surface area contributed by atoms with Gasteiger partial charge in [0.25, 0.3) is 0 Å². The second-order valence-electron chi connectivity index (χ2n) is 11.8. The van der Waals surface area contributed by atoms with Crippen LogP contribution in [0.2, 0.25) is 0 Å². The number of carboxylic acids is 1. The van der Waals surface area contributed by atoms with Gasteiger partial charge in [0, 0.05) is 16.9 Å². The van der Waals surface area contributed by atoms with Crippen molar-refractivity contribution in [2.24, 2.45) is 17.3 Å². The maximum atomic E-state index is 14.4. The van der Waals surface area contributed by atoms with Gasteiger partial charge in [-0.15, -0.1) is 6.58 Å². The van der Waals surface area contributed by atoms with Crippen molar-refractivity contribution in [3.8, 4) is 0 Å². The first-order valence-corrected chi connectivity index (χ1v) is 13.0. The largest absolute Gasteiger partial charge is 0.481 e. The van der Waals surface area contributed by atoms with Crippen LogP contribution in [-0.4, -0.2) is 85.1 Å². The Morgan fingerprint density at radius 3 is 2.44 bits per heavy atom. The molecule has 0 aromatic rings. The SMILES string of the molecule is C=CCN(C(=O)C1N([C@@H](CC)CO)C(=O)[C@@H]2[C@@H](C(=O)O)[C@@H]3OC12CC3Br)C(C)(C)CC(C)(C)C. The summed E-state index contributed by atoms with van der Waals surface area (Å²) in [6, 6.07) is -1.63. The van der Waals surface area contributed by atoms with Gasteiger partial charge >= 0.3 is 5.97 Å². The molecule has 3 rings (SSSR count). The van der Waals surface area contributed by atoms with E-state index in [0.29, 0.717) is 19.3 Å². The molecule has 3 aliphatic heterocycles. The van der Waals surface area contributed by atoms with E-state index in [1.54, 1.807) is 11.0 Å². The molecule has 9 heteroatoms. The zero-order valence-corrected chi connectivity index (χ0v) is 22.7. The number of carboxylic acid groups (broad SMARTS) is 1. The minimum absolute atomic E-state index is 0.0655. The third kappa shape index (κ3) is 4.22. The number of fused-ring (bicyclic) bond motifs is 1. The molecule has 3 heterocycles. The van der Waals surface area contributed by atoms with Gasteiger partial charge in [-0.2, -0.15) is 0 Å². The van der Waals surface area contributed by atoms with Gasteiger partial charge < -0.3 is 24.7 Å². The Labute approximate surface area is 210 Å². The number of alkyl halides is 1. The van der Waals surface area contributed by atoms with Gasteiger partial charge in [0.15, 0.2) is 0 Å². The molecule has 3 fully saturated rings. The van der Waals surface area contributed by atoms with Crippen molar-refractivity contribution >= 4 is 33.7 Å². The Bertz CT molecular complexity index is 851. The molecular weight excluding hydrogens is 504 g/mol. The predicted octanol–water partition coefficient (Wildman–Crippen LogP) is 2.82. The van der Waals surface area contributed by atoms with Crippen LogP contribution in [0.4, 0.5) is 0 Å². The maximum absolute atomic E-state index is 14.4. The summed E-state index contributed by atoms with van der Waals surface area (Å²) in [5.74, 6) is -3.81. The molecule has 3 saturated heterocycles. The smallest absolute Gasteiger partial charge is 0.310 e. The van der Waals surface area contributed by atoms with Crippen LogP contribution in [0.25, 0.3) is 0 Å². The first kappa shape index (κ1) is 27.1. The lowest BCUT2D eigenvalue weighted by Gasteiger charge is -2.46. The Balaban J connectivity index is 2.15. The van der Waals surface area contributed by atoms with Crippen LogP contribution < -0.4 is 0 Å². The van der Waals surface area contributed by atoms with Gasteiger partial charge in [-0.25, -0.2) is 0 Å². The molecule has 34 heavy (non-hydrogen) atoms. The van der Waals surface area contributed by atoms with Gasteiger partial charge in [0.05, 0.1) is 30.6 Å². The standard InChI is InChI=1S/C25H39BrN2O6/c1-8-10-27(24(6,7)13-23(3,4)5)21(31)19-25-11-15(26)18(34-25)16(22(32)33)17(25)20(30)28(19)14(9-2)12-29/h8,14-19,29H,1,9-13H2,2-7H3,(H,32,33)/t14-,15?,16+,17-,18+,19?,25?/m0/s1. The number of ether oxygens (including phenoxy) is 1. The summed E-state index contributed by atoms with van der Waals surface area (Å²) in [6.45, 7) is 16.0. The summed E-state index contributed by atoms with van der Waals surface area (Å²) in [4.78, 5) is 43.4. The normalized spacial score (nSPS) is 33.7. The van der Waals surface area contributed by atoms with Gasteiger partial charge in [-0.3, -0.25) is 14.4 Å². The molecule has 3 aliphatic rings. The number of hydrogen-bond donors (Lipinski definition) is 2. The highest BCUT2D eigenvalue weighted by Crippen LogP contribution is 2.60. The van der Waals surface area contributed by atoms with Gasteiger partial charge in [-0.1, -0.05) is 49.7 Å². The first-order chi connectivity index (χ1) is 15.7. The number of aliphatic carboxylic acids is 1. The van der Waals surface area contributed by atoms with Gasteiger partial charge in [-0.05, 0) is 38.5 Å². The third-order valence-corrected chi connectivity index (χ3v) is 8.44. The lowest BCUT2D eigenvalue weighted by molar-refractivity contribution is -0.156. The topological polar surface area (TPSA) is 107 Å². The lowest BCUT2D eigenvalue weighted by atomic mass is 9.70. The van der Waals surface area contributed by atoms with E-state index in [2.05, 4.69) is 43.3 Å². The van der Waals surface area contributed by atoms with Crippen LogP contribution in [-0.2, 0) is 19.1 Å². The number of rotatable bonds is 9. The van der Waals surface area contributed by atoms with E-state index in [9.17, 15) is 24.6 Å². The number of halogens is 1. The number of carbonyl (C=O) groups is 3. The fourth-order valence-electron chi connectivity index (χ4n) is 6.74. The van der Waals surface area contributed by atoms with Crippen LogP contribution in [0.3, 0.4) is 0 Å². The Hall–Kier alpha value is -1.45. The fraction of sp³-hybridized carbons (Fsp3) is 0.800. The average molecular weight is 543 g/mol. The Morgan fingerprint density at radius 2 is 1.97 bits per heavy atom. The van der Waals surface area contributed by atoms with E-state index in [4.69, 9.17) is 4.74 Å². The van der Waals surface area contributed by atoms with Crippen LogP contribution >= 0.6 is 15.9 Å². The minimum atomic E-state index is -1.25. The molecule has 3 unspecified atom stereocenters. The molecule has 0 aliphatic carbocycles. The minimum Gasteiger partial charge on any atom is -0.481 e. The number of carbonyl (C=O) groups excluding carboxylic acids is 2. The number of aliphatic hydroxyl groups is 1. The third-order valence-electron chi connectivity index (χ3n) is 7.59. The van der Waals surface area contributed by atoms with Crippen LogP contribution in [0.15, 0.2) is 12.7 Å². The van der Waals surface area contributed by atoms with E-state index in [1.807, 2.05) is 20.8 Å². The Kier molecular flexibility index (Phi) is 7.35. The van der Waals surface area contributed by atoms with E-state index in [1.165, 1.54) is 4.90 Å². The molecule has 0 saturated carbocycles. The first-order valence-electron chi connectivity index (χ1n) is 12.1. The Morgan fingerprint density at radius 1 is 1.35 bits per heavy atom. The van der Waals surface area contributed by atoms with E-state index < -0.39 is 53.0 Å². The van der Waals surface area contributed by atoms with E-state index >= 15 is 0 Å². The van der Waals surface area contributed by atoms with Crippen molar-refractivity contribution in [2.45, 2.75) is 95.0 Å². The van der Waals surface area contributed by atoms with Crippen LogP contribution in [0, 0.1) is 17.3 Å². The summed E-state index contributed by atoms with van der Waals surface area (Å²) in [6.07, 6.45) is 2.47. The van der Waals surface area contributed by atoms with Crippen molar-refractivity contribution < 1.29 is 29.3 Å². The summed E-state index contributed by atoms with van der Waals surface area (Å²) >= 11 is 3.56. The molecule has 8 nitrogen and oxygen atoms in total. The average Bonchev–Trinajstić information content (AvgIpc) is 3.29. The second kappa shape index (κ2) is 9.21. The molecule has 192 valence electrons. The number of aliphatic hydroxyl groups excluding tert-OH is 1. The van der Waals surface area contributed by atoms with Gasteiger partial charge in [0.2, 0.25) is 11.8 Å². The molecule has 7 atom stereocenters. The molecule has 0 aromatic heterocycles. The summed E-state index contributed by atoms with van der Waals surface area (Å²) < 4.78 is 6.34. The summed E-state index contributed by atoms with van der Waals surface area (Å²) in [7, 11) is 0. The summed E-state index contributed by atoms with van der Waals surface area (Å²) in [5, 5.41) is 20.1. The molecule has 0 radical (unpaired) electrons. The molecule has 2 amide bonds. The zero-order chi connectivity index (χ0) is 25.8. The number of nitrogens with zero attached hydrogens (tertiary/aromatic N) is 2. The molecule has 1 spiro atoms.